The maximum atomic E-state index is 13.2. The molecule has 0 aliphatic rings. The molecule has 0 radical (unpaired) electrons. The number of carbonyl (C=O) groups is 2. The number of hydrogen-bond donors (Lipinski definition) is 1. The first kappa shape index (κ1) is 24.9. The summed E-state index contributed by atoms with van der Waals surface area (Å²) in [6.07, 6.45) is 3.75. The van der Waals surface area contributed by atoms with Crippen molar-refractivity contribution in [2.75, 3.05) is 32.1 Å². The van der Waals surface area contributed by atoms with Crippen LogP contribution in [0, 0.1) is 6.92 Å². The first-order valence-corrected chi connectivity index (χ1v) is 11.5. The normalized spacial score (nSPS) is 11.1. The molecule has 0 aliphatic carbocycles. The minimum absolute atomic E-state index is 0.00640. The maximum absolute atomic E-state index is 13.2. The van der Waals surface area contributed by atoms with E-state index in [1.807, 2.05) is 105 Å². The number of nitrogens with one attached hydrogen (secondary N) is 1. The van der Waals surface area contributed by atoms with Gasteiger partial charge in [0, 0.05) is 24.9 Å². The number of likely N-dealkylation sites (N-methyl/N-ethyl adjacent to an activating group) is 1. The average Bonchev–Trinajstić information content (AvgIpc) is 2.82. The zero-order chi connectivity index (χ0) is 24.3. The Bertz CT molecular complexity index is 1110. The zero-order valence-electron chi connectivity index (χ0n) is 20.2. The second-order valence-electron chi connectivity index (χ2n) is 8.65. The fraction of sp³-hybridized carbons (Fsp3) is 0.241. The molecule has 0 saturated heterocycles. The highest BCUT2D eigenvalue weighted by molar-refractivity contribution is 6.03. The topological polar surface area (TPSA) is 52.7 Å². The Morgan fingerprint density at radius 3 is 2.29 bits per heavy atom. The van der Waals surface area contributed by atoms with E-state index in [2.05, 4.69) is 11.4 Å². The van der Waals surface area contributed by atoms with Gasteiger partial charge >= 0.3 is 0 Å². The molecule has 0 aromatic heterocycles. The molecule has 1 N–H and O–H groups in total. The van der Waals surface area contributed by atoms with Crippen LogP contribution in [0.25, 0.3) is 6.08 Å². The van der Waals surface area contributed by atoms with Crippen LogP contribution in [0.4, 0.5) is 5.69 Å². The van der Waals surface area contributed by atoms with E-state index in [4.69, 9.17) is 0 Å². The molecule has 0 aliphatic heterocycles. The van der Waals surface area contributed by atoms with Gasteiger partial charge in [0.25, 0.3) is 5.91 Å². The second kappa shape index (κ2) is 12.5. The Kier molecular flexibility index (Phi) is 9.18. The van der Waals surface area contributed by atoms with Crippen molar-refractivity contribution in [3.05, 3.63) is 107 Å². The Morgan fingerprint density at radius 2 is 1.62 bits per heavy atom. The van der Waals surface area contributed by atoms with E-state index >= 15 is 0 Å². The summed E-state index contributed by atoms with van der Waals surface area (Å²) in [6, 6.07) is 25.6. The van der Waals surface area contributed by atoms with Crippen LogP contribution in [0.1, 0.15) is 22.3 Å². The highest BCUT2D eigenvalue weighted by atomic mass is 16.2. The van der Waals surface area contributed by atoms with Gasteiger partial charge in [-0.05, 0) is 55.9 Å². The number of anilines is 1. The predicted octanol–water partition coefficient (Wildman–Crippen LogP) is 4.46. The maximum Gasteiger partial charge on any atom is 0.251 e. The molecule has 176 valence electrons. The third-order valence-corrected chi connectivity index (χ3v) is 5.40. The predicted molar refractivity (Wildman–Crippen MR) is 140 cm³/mol. The highest BCUT2D eigenvalue weighted by Gasteiger charge is 2.15. The molecule has 0 fully saturated rings. The molecule has 0 heterocycles. The molecule has 2 amide bonds. The van der Waals surface area contributed by atoms with Gasteiger partial charge in [-0.15, -0.1) is 0 Å². The molecule has 0 unspecified atom stereocenters. The average molecular weight is 456 g/mol. The van der Waals surface area contributed by atoms with Gasteiger partial charge in [-0.25, -0.2) is 0 Å². The van der Waals surface area contributed by atoms with Crippen molar-refractivity contribution in [3.8, 4) is 0 Å². The van der Waals surface area contributed by atoms with E-state index in [1.165, 1.54) is 0 Å². The van der Waals surface area contributed by atoms with Gasteiger partial charge in [0.05, 0.1) is 13.0 Å². The molecule has 34 heavy (non-hydrogen) atoms. The van der Waals surface area contributed by atoms with E-state index in [1.54, 1.807) is 11.0 Å². The molecular formula is C29H33N3O2. The number of carbonyl (C=O) groups excluding carboxylic acids is 2. The van der Waals surface area contributed by atoms with E-state index in [-0.39, 0.29) is 11.8 Å². The van der Waals surface area contributed by atoms with Crippen molar-refractivity contribution in [2.45, 2.75) is 19.9 Å². The lowest BCUT2D eigenvalue weighted by molar-refractivity contribution is -0.120. The zero-order valence-corrected chi connectivity index (χ0v) is 20.2. The van der Waals surface area contributed by atoms with Crippen LogP contribution in [0.3, 0.4) is 0 Å². The number of hydrogen-bond acceptors (Lipinski definition) is 3. The molecule has 3 aromatic carbocycles. The van der Waals surface area contributed by atoms with E-state index in [9.17, 15) is 9.59 Å². The Morgan fingerprint density at radius 1 is 0.882 bits per heavy atom. The second-order valence-corrected chi connectivity index (χ2v) is 8.65. The molecule has 5 heteroatoms. The lowest BCUT2D eigenvalue weighted by Crippen LogP contribution is -2.32. The van der Waals surface area contributed by atoms with Crippen molar-refractivity contribution in [3.63, 3.8) is 0 Å². The fourth-order valence-electron chi connectivity index (χ4n) is 3.57. The van der Waals surface area contributed by atoms with E-state index < -0.39 is 0 Å². The molecular weight excluding hydrogens is 422 g/mol. The lowest BCUT2D eigenvalue weighted by atomic mass is 10.1. The van der Waals surface area contributed by atoms with Crippen LogP contribution in [0.2, 0.25) is 0 Å². The van der Waals surface area contributed by atoms with Gasteiger partial charge in [0.15, 0.2) is 0 Å². The van der Waals surface area contributed by atoms with Crippen molar-refractivity contribution < 1.29 is 9.59 Å². The van der Waals surface area contributed by atoms with E-state index in [0.717, 1.165) is 34.5 Å². The van der Waals surface area contributed by atoms with Gasteiger partial charge in [0.2, 0.25) is 5.91 Å². The summed E-state index contributed by atoms with van der Waals surface area (Å²) in [5.41, 5.74) is 4.89. The summed E-state index contributed by atoms with van der Waals surface area (Å²) < 4.78 is 0. The smallest absolute Gasteiger partial charge is 0.251 e. The standard InChI is InChI=1S/C29H33N3O2/c1-23-8-7-11-26(20-23)22-32(29(34)17-14-24-9-5-4-6-10-24)27-15-12-25(13-16-27)21-28(33)30-18-19-31(2)3/h4-17,20H,18-19,21-22H2,1-3H3,(H,30,33). The summed E-state index contributed by atoms with van der Waals surface area (Å²) in [7, 11) is 3.95. The monoisotopic (exact) mass is 455 g/mol. The number of nitrogens with zero attached hydrogens (tertiary/aromatic N) is 2. The summed E-state index contributed by atoms with van der Waals surface area (Å²) in [5, 5.41) is 2.93. The van der Waals surface area contributed by atoms with Crippen LogP contribution in [0.15, 0.2) is 84.9 Å². The van der Waals surface area contributed by atoms with Crippen LogP contribution in [-0.2, 0) is 22.6 Å². The molecule has 0 bridgehead atoms. The van der Waals surface area contributed by atoms with Crippen molar-refractivity contribution >= 4 is 23.6 Å². The van der Waals surface area contributed by atoms with Gasteiger partial charge in [-0.2, -0.15) is 0 Å². The van der Waals surface area contributed by atoms with Gasteiger partial charge in [0.1, 0.15) is 0 Å². The summed E-state index contributed by atoms with van der Waals surface area (Å²) in [5.74, 6) is -0.104. The van der Waals surface area contributed by atoms with Gasteiger partial charge in [-0.1, -0.05) is 72.3 Å². The largest absolute Gasteiger partial charge is 0.355 e. The van der Waals surface area contributed by atoms with Crippen molar-refractivity contribution in [1.29, 1.82) is 0 Å². The third kappa shape index (κ3) is 8.01. The first-order chi connectivity index (χ1) is 16.4. The number of amides is 2. The van der Waals surface area contributed by atoms with Crippen LogP contribution in [-0.4, -0.2) is 43.9 Å². The summed E-state index contributed by atoms with van der Waals surface area (Å²) in [4.78, 5) is 29.2. The molecule has 0 atom stereocenters. The first-order valence-electron chi connectivity index (χ1n) is 11.5. The number of rotatable bonds is 10. The van der Waals surface area contributed by atoms with Crippen molar-refractivity contribution in [2.24, 2.45) is 0 Å². The number of benzene rings is 3. The number of aryl methyl sites for hydroxylation is 1. The Labute approximate surface area is 202 Å². The molecule has 0 spiro atoms. The third-order valence-electron chi connectivity index (χ3n) is 5.40. The fourth-order valence-corrected chi connectivity index (χ4v) is 3.57. The lowest BCUT2D eigenvalue weighted by Gasteiger charge is -2.22. The molecule has 0 saturated carbocycles. The highest BCUT2D eigenvalue weighted by Crippen LogP contribution is 2.20. The SMILES string of the molecule is Cc1cccc(CN(C(=O)C=Cc2ccccc2)c2ccc(CC(=O)NCCN(C)C)cc2)c1. The quantitative estimate of drug-likeness (QED) is 0.459. The van der Waals surface area contributed by atoms with Crippen LogP contribution < -0.4 is 10.2 Å². The molecule has 3 rings (SSSR count). The van der Waals surface area contributed by atoms with Crippen molar-refractivity contribution in [1.82, 2.24) is 10.2 Å². The minimum Gasteiger partial charge on any atom is -0.355 e. The van der Waals surface area contributed by atoms with Gasteiger partial charge in [-0.3, -0.25) is 9.59 Å². The van der Waals surface area contributed by atoms with Gasteiger partial charge < -0.3 is 15.1 Å². The molecule has 3 aromatic rings. The summed E-state index contributed by atoms with van der Waals surface area (Å²) in [6.45, 7) is 3.93. The molecule has 5 nitrogen and oxygen atoms in total. The Hall–Kier alpha value is -3.70. The van der Waals surface area contributed by atoms with Crippen LogP contribution >= 0.6 is 0 Å². The van der Waals surface area contributed by atoms with E-state index in [0.29, 0.717) is 19.5 Å². The minimum atomic E-state index is -0.0977. The Balaban J connectivity index is 1.75. The summed E-state index contributed by atoms with van der Waals surface area (Å²) >= 11 is 0. The van der Waals surface area contributed by atoms with Crippen LogP contribution in [0.5, 0.6) is 0 Å².